The number of aryl methyl sites for hydroxylation is 2. The van der Waals surface area contributed by atoms with Crippen molar-refractivity contribution in [3.05, 3.63) is 75.0 Å². The molecule has 0 bridgehead atoms. The first kappa shape index (κ1) is 25.6. The maximum absolute atomic E-state index is 13.4. The van der Waals surface area contributed by atoms with Crippen LogP contribution in [0.2, 0.25) is 5.02 Å². The highest BCUT2D eigenvalue weighted by atomic mass is 79.9. The number of carbonyl (C=O) groups excluding carboxylic acids is 2. The lowest BCUT2D eigenvalue weighted by Crippen LogP contribution is -2.41. The third kappa shape index (κ3) is 6.68. The standard InChI is InChI=1S/C24H28BrClN4O2/c1-14-11-15(2)20(17(12-14)22(31)29-24(4,5)6)28-23(32)19(13-16(3)25)30(7)21-18(26)9-8-10-27-21/h8-13H,3H2,1-2,4-7H3,(H,28,32)(H,29,31)/b19-13-. The molecule has 1 aromatic heterocycles. The molecule has 0 fully saturated rings. The smallest absolute Gasteiger partial charge is 0.272 e. The molecule has 0 atom stereocenters. The number of amides is 2. The number of carbonyl (C=O) groups is 2. The topological polar surface area (TPSA) is 74.3 Å². The molecule has 0 aliphatic heterocycles. The van der Waals surface area contributed by atoms with Crippen LogP contribution in [0.15, 0.2) is 53.3 Å². The number of nitrogens with zero attached hydrogens (tertiary/aromatic N) is 2. The van der Waals surface area contributed by atoms with E-state index in [1.54, 1.807) is 42.4 Å². The summed E-state index contributed by atoms with van der Waals surface area (Å²) in [7, 11) is 1.69. The van der Waals surface area contributed by atoms with E-state index in [4.69, 9.17) is 11.6 Å². The van der Waals surface area contributed by atoms with Crippen LogP contribution in [0.4, 0.5) is 11.5 Å². The van der Waals surface area contributed by atoms with Gasteiger partial charge < -0.3 is 15.5 Å². The van der Waals surface area contributed by atoms with Crippen LogP contribution in [0.3, 0.4) is 0 Å². The number of benzene rings is 1. The molecule has 0 spiro atoms. The van der Waals surface area contributed by atoms with E-state index in [1.165, 1.54) is 0 Å². The average molecular weight is 520 g/mol. The van der Waals surface area contributed by atoms with Crippen molar-refractivity contribution in [1.82, 2.24) is 10.3 Å². The largest absolute Gasteiger partial charge is 0.347 e. The summed E-state index contributed by atoms with van der Waals surface area (Å²) in [5.74, 6) is -0.293. The summed E-state index contributed by atoms with van der Waals surface area (Å²) >= 11 is 9.57. The van der Waals surface area contributed by atoms with Crippen molar-refractivity contribution in [2.45, 2.75) is 40.2 Å². The molecule has 2 aromatic rings. The van der Waals surface area contributed by atoms with Crippen LogP contribution in [0.25, 0.3) is 0 Å². The van der Waals surface area contributed by atoms with E-state index in [9.17, 15) is 9.59 Å². The summed E-state index contributed by atoms with van der Waals surface area (Å²) in [6.45, 7) is 13.3. The molecule has 0 aliphatic rings. The minimum absolute atomic E-state index is 0.245. The number of rotatable bonds is 6. The lowest BCUT2D eigenvalue weighted by atomic mass is 10.0. The van der Waals surface area contributed by atoms with Gasteiger partial charge in [0, 0.05) is 23.3 Å². The zero-order valence-corrected chi connectivity index (χ0v) is 21.5. The number of hydrogen-bond donors (Lipinski definition) is 2. The first-order chi connectivity index (χ1) is 14.8. The second-order valence-electron chi connectivity index (χ2n) is 8.51. The predicted octanol–water partition coefficient (Wildman–Crippen LogP) is 5.75. The van der Waals surface area contributed by atoms with E-state index in [0.29, 0.717) is 26.6 Å². The molecule has 2 amide bonds. The number of aromatic nitrogens is 1. The van der Waals surface area contributed by atoms with E-state index < -0.39 is 11.4 Å². The number of likely N-dealkylation sites (N-methyl/N-ethyl adjacent to an activating group) is 1. The van der Waals surface area contributed by atoms with E-state index in [1.807, 2.05) is 40.7 Å². The molecule has 6 nitrogen and oxygen atoms in total. The molecule has 0 saturated carbocycles. The quantitative estimate of drug-likeness (QED) is 0.377. The second kappa shape index (κ2) is 10.3. The minimum atomic E-state index is -0.438. The number of allylic oxidation sites excluding steroid dienone is 2. The molecule has 32 heavy (non-hydrogen) atoms. The Morgan fingerprint density at radius 1 is 1.25 bits per heavy atom. The lowest BCUT2D eigenvalue weighted by molar-refractivity contribution is -0.112. The summed E-state index contributed by atoms with van der Waals surface area (Å²) in [4.78, 5) is 32.2. The van der Waals surface area contributed by atoms with E-state index in [-0.39, 0.29) is 11.6 Å². The van der Waals surface area contributed by atoms with Crippen LogP contribution < -0.4 is 15.5 Å². The molecule has 0 saturated heterocycles. The van der Waals surface area contributed by atoms with Crippen molar-refractivity contribution in [2.75, 3.05) is 17.3 Å². The lowest BCUT2D eigenvalue weighted by Gasteiger charge is -2.24. The van der Waals surface area contributed by atoms with Gasteiger partial charge >= 0.3 is 0 Å². The number of nitrogens with one attached hydrogen (secondary N) is 2. The highest BCUT2D eigenvalue weighted by molar-refractivity contribution is 9.11. The monoisotopic (exact) mass is 518 g/mol. The molecule has 1 aromatic carbocycles. The Hall–Kier alpha value is -2.64. The summed E-state index contributed by atoms with van der Waals surface area (Å²) in [5, 5.41) is 6.26. The van der Waals surface area contributed by atoms with Gasteiger partial charge in [-0.3, -0.25) is 9.59 Å². The van der Waals surface area contributed by atoms with Crippen molar-refractivity contribution < 1.29 is 9.59 Å². The van der Waals surface area contributed by atoms with Gasteiger partial charge in [0.2, 0.25) is 0 Å². The van der Waals surface area contributed by atoms with Crippen LogP contribution >= 0.6 is 27.5 Å². The molecular formula is C24H28BrClN4O2. The van der Waals surface area contributed by atoms with Gasteiger partial charge in [0.15, 0.2) is 5.82 Å². The van der Waals surface area contributed by atoms with Crippen molar-refractivity contribution in [1.29, 1.82) is 0 Å². The van der Waals surface area contributed by atoms with Gasteiger partial charge in [-0.25, -0.2) is 4.98 Å². The Morgan fingerprint density at radius 3 is 2.47 bits per heavy atom. The van der Waals surface area contributed by atoms with E-state index in [2.05, 4.69) is 38.1 Å². The van der Waals surface area contributed by atoms with Crippen LogP contribution in [-0.4, -0.2) is 29.4 Å². The first-order valence-corrected chi connectivity index (χ1v) is 11.1. The molecule has 2 rings (SSSR count). The summed E-state index contributed by atoms with van der Waals surface area (Å²) in [6, 6.07) is 7.08. The number of halogens is 2. The van der Waals surface area contributed by atoms with Crippen LogP contribution in [0, 0.1) is 13.8 Å². The number of pyridine rings is 1. The van der Waals surface area contributed by atoms with E-state index in [0.717, 1.165) is 11.1 Å². The van der Waals surface area contributed by atoms with Crippen molar-refractivity contribution in [3.8, 4) is 0 Å². The zero-order valence-electron chi connectivity index (χ0n) is 19.1. The normalized spacial score (nSPS) is 11.7. The van der Waals surface area contributed by atoms with Gasteiger partial charge in [0.25, 0.3) is 11.8 Å². The Balaban J connectivity index is 2.49. The average Bonchev–Trinajstić information content (AvgIpc) is 2.66. The van der Waals surface area contributed by atoms with Crippen molar-refractivity contribution >= 4 is 50.9 Å². The molecule has 0 radical (unpaired) electrons. The fourth-order valence-electron chi connectivity index (χ4n) is 3.10. The van der Waals surface area contributed by atoms with Crippen molar-refractivity contribution in [2.24, 2.45) is 0 Å². The molecule has 170 valence electrons. The first-order valence-electron chi connectivity index (χ1n) is 9.95. The molecular weight excluding hydrogens is 492 g/mol. The fraction of sp³-hybridized carbons (Fsp3) is 0.292. The summed E-state index contributed by atoms with van der Waals surface area (Å²) < 4.78 is 0.493. The van der Waals surface area contributed by atoms with E-state index >= 15 is 0 Å². The molecule has 1 heterocycles. The number of hydrogen-bond acceptors (Lipinski definition) is 4. The highest BCUT2D eigenvalue weighted by Crippen LogP contribution is 2.28. The number of anilines is 2. The maximum atomic E-state index is 13.4. The van der Waals surface area contributed by atoms with Gasteiger partial charge in [-0.15, -0.1) is 0 Å². The molecule has 0 aliphatic carbocycles. The second-order valence-corrected chi connectivity index (χ2v) is 9.93. The zero-order chi connectivity index (χ0) is 24.2. The third-order valence-electron chi connectivity index (χ3n) is 4.40. The van der Waals surface area contributed by atoms with Gasteiger partial charge in [0.05, 0.1) is 16.3 Å². The Morgan fingerprint density at radius 2 is 1.91 bits per heavy atom. The summed E-state index contributed by atoms with van der Waals surface area (Å²) in [6.07, 6.45) is 3.16. The van der Waals surface area contributed by atoms with Gasteiger partial charge in [0.1, 0.15) is 5.70 Å². The van der Waals surface area contributed by atoms with Crippen molar-refractivity contribution in [3.63, 3.8) is 0 Å². The SMILES string of the molecule is C=C(Br)/C=C(/C(=O)Nc1c(C)cc(C)cc1C(=O)NC(C)(C)C)N(C)c1ncccc1Cl. The molecule has 0 unspecified atom stereocenters. The summed E-state index contributed by atoms with van der Waals surface area (Å²) in [5.41, 5.74) is 2.34. The van der Waals surface area contributed by atoms with Gasteiger partial charge in [-0.05, 0) is 70.0 Å². The van der Waals surface area contributed by atoms with Crippen LogP contribution in [0.5, 0.6) is 0 Å². The Kier molecular flexibility index (Phi) is 8.26. The third-order valence-corrected chi connectivity index (χ3v) is 4.92. The van der Waals surface area contributed by atoms with Gasteiger partial charge in [-0.2, -0.15) is 0 Å². The maximum Gasteiger partial charge on any atom is 0.272 e. The highest BCUT2D eigenvalue weighted by Gasteiger charge is 2.24. The molecule has 8 heteroatoms. The molecule has 2 N–H and O–H groups in total. The van der Waals surface area contributed by atoms with Crippen LogP contribution in [0.1, 0.15) is 42.3 Å². The van der Waals surface area contributed by atoms with Crippen LogP contribution in [-0.2, 0) is 4.79 Å². The fourth-order valence-corrected chi connectivity index (χ4v) is 3.56. The Bertz CT molecular complexity index is 1090. The Labute approximate surface area is 202 Å². The predicted molar refractivity (Wildman–Crippen MR) is 136 cm³/mol. The minimum Gasteiger partial charge on any atom is -0.347 e. The van der Waals surface area contributed by atoms with Gasteiger partial charge in [-0.1, -0.05) is 40.2 Å².